The first kappa shape index (κ1) is 18.3. The number of hydrogen-bond acceptors (Lipinski definition) is 3. The standard InChI is InChI=1S/C20H21ClN2O3/c1-3-14-4-6-15(7-5-14)13-22(2)19(24)10-11-23-17-9-8-16(21)12-18(17)26-20(23)25/h4-9,12H,3,10-11,13H2,1-2H3. The molecule has 1 aromatic heterocycles. The Morgan fingerprint density at radius 1 is 1.15 bits per heavy atom. The number of carbonyl (C=O) groups is 1. The van der Waals surface area contributed by atoms with Crippen molar-refractivity contribution in [2.45, 2.75) is 32.9 Å². The van der Waals surface area contributed by atoms with Gasteiger partial charge in [0, 0.05) is 37.6 Å². The van der Waals surface area contributed by atoms with Crippen molar-refractivity contribution in [3.8, 4) is 0 Å². The summed E-state index contributed by atoms with van der Waals surface area (Å²) in [5.41, 5.74) is 3.43. The average Bonchev–Trinajstić information content (AvgIpc) is 2.94. The monoisotopic (exact) mass is 372 g/mol. The van der Waals surface area contributed by atoms with E-state index in [2.05, 4.69) is 19.1 Å². The summed E-state index contributed by atoms with van der Waals surface area (Å²) in [7, 11) is 1.77. The molecule has 136 valence electrons. The lowest BCUT2D eigenvalue weighted by Crippen LogP contribution is -2.28. The summed E-state index contributed by atoms with van der Waals surface area (Å²) in [5.74, 6) is -0.507. The number of benzene rings is 2. The minimum atomic E-state index is -0.479. The Balaban J connectivity index is 1.64. The molecule has 0 aliphatic heterocycles. The van der Waals surface area contributed by atoms with Gasteiger partial charge < -0.3 is 9.32 Å². The number of aryl methyl sites for hydroxylation is 2. The normalized spacial score (nSPS) is 11.0. The molecule has 0 atom stereocenters. The molecule has 3 aromatic rings. The molecule has 0 aliphatic rings. The molecule has 0 aliphatic carbocycles. The van der Waals surface area contributed by atoms with Crippen LogP contribution >= 0.6 is 11.6 Å². The molecule has 5 nitrogen and oxygen atoms in total. The van der Waals surface area contributed by atoms with E-state index < -0.39 is 5.76 Å². The lowest BCUT2D eigenvalue weighted by Gasteiger charge is -2.17. The molecule has 6 heteroatoms. The van der Waals surface area contributed by atoms with Gasteiger partial charge in [-0.3, -0.25) is 9.36 Å². The van der Waals surface area contributed by atoms with E-state index in [9.17, 15) is 9.59 Å². The van der Waals surface area contributed by atoms with Gasteiger partial charge >= 0.3 is 5.76 Å². The van der Waals surface area contributed by atoms with E-state index in [-0.39, 0.29) is 18.9 Å². The SMILES string of the molecule is CCc1ccc(CN(C)C(=O)CCn2c(=O)oc3cc(Cl)ccc32)cc1. The molecule has 0 spiro atoms. The van der Waals surface area contributed by atoms with Crippen molar-refractivity contribution in [3.63, 3.8) is 0 Å². The fourth-order valence-corrected chi connectivity index (χ4v) is 3.05. The van der Waals surface area contributed by atoms with Gasteiger partial charge in [-0.2, -0.15) is 0 Å². The topological polar surface area (TPSA) is 55.5 Å². The Hall–Kier alpha value is -2.53. The van der Waals surface area contributed by atoms with Gasteiger partial charge in [0.15, 0.2) is 5.58 Å². The molecule has 1 amide bonds. The van der Waals surface area contributed by atoms with Gasteiger partial charge in [0.25, 0.3) is 0 Å². The summed E-state index contributed by atoms with van der Waals surface area (Å²) in [6, 6.07) is 13.3. The van der Waals surface area contributed by atoms with Crippen LogP contribution in [0.3, 0.4) is 0 Å². The third kappa shape index (κ3) is 3.99. The number of nitrogens with zero attached hydrogens (tertiary/aromatic N) is 2. The van der Waals surface area contributed by atoms with Crippen molar-refractivity contribution in [2.24, 2.45) is 0 Å². The van der Waals surface area contributed by atoms with Gasteiger partial charge in [-0.1, -0.05) is 42.8 Å². The lowest BCUT2D eigenvalue weighted by atomic mass is 10.1. The molecule has 0 bridgehead atoms. The Labute approximate surface area is 156 Å². The largest absolute Gasteiger partial charge is 0.419 e. The molecular formula is C20H21ClN2O3. The van der Waals surface area contributed by atoms with Crippen LogP contribution in [0.25, 0.3) is 11.1 Å². The molecule has 3 rings (SSSR count). The van der Waals surface area contributed by atoms with Crippen LogP contribution in [0.15, 0.2) is 51.7 Å². The van der Waals surface area contributed by atoms with Crippen LogP contribution in [0.2, 0.25) is 5.02 Å². The van der Waals surface area contributed by atoms with Gasteiger partial charge in [0.2, 0.25) is 5.91 Å². The van der Waals surface area contributed by atoms with Crippen LogP contribution in [0.5, 0.6) is 0 Å². The van der Waals surface area contributed by atoms with Crippen molar-refractivity contribution in [2.75, 3.05) is 7.05 Å². The second-order valence-corrected chi connectivity index (χ2v) is 6.74. The van der Waals surface area contributed by atoms with E-state index in [1.807, 2.05) is 12.1 Å². The van der Waals surface area contributed by atoms with Gasteiger partial charge in [-0.25, -0.2) is 4.79 Å². The number of carbonyl (C=O) groups excluding carboxylic acids is 1. The molecule has 0 N–H and O–H groups in total. The number of hydrogen-bond donors (Lipinski definition) is 0. The van der Waals surface area contributed by atoms with E-state index in [1.165, 1.54) is 10.1 Å². The molecule has 0 fully saturated rings. The first-order valence-corrected chi connectivity index (χ1v) is 8.96. The highest BCUT2D eigenvalue weighted by atomic mass is 35.5. The Morgan fingerprint density at radius 2 is 1.85 bits per heavy atom. The fourth-order valence-electron chi connectivity index (χ4n) is 2.89. The minimum Gasteiger partial charge on any atom is -0.408 e. The molecule has 0 radical (unpaired) electrons. The van der Waals surface area contributed by atoms with Crippen molar-refractivity contribution in [3.05, 3.63) is 69.2 Å². The third-order valence-corrected chi connectivity index (χ3v) is 4.69. The van der Waals surface area contributed by atoms with Gasteiger partial charge in [0.1, 0.15) is 0 Å². The van der Waals surface area contributed by atoms with E-state index in [4.69, 9.17) is 16.0 Å². The summed E-state index contributed by atoms with van der Waals surface area (Å²) in [4.78, 5) is 26.1. The summed E-state index contributed by atoms with van der Waals surface area (Å²) >= 11 is 5.91. The molecule has 26 heavy (non-hydrogen) atoms. The van der Waals surface area contributed by atoms with Crippen LogP contribution in [0, 0.1) is 0 Å². The predicted molar refractivity (Wildman–Crippen MR) is 102 cm³/mol. The highest BCUT2D eigenvalue weighted by Crippen LogP contribution is 2.18. The number of rotatable bonds is 6. The maximum Gasteiger partial charge on any atom is 0.419 e. The van der Waals surface area contributed by atoms with Crippen LogP contribution < -0.4 is 5.76 Å². The summed E-state index contributed by atoms with van der Waals surface area (Å²) in [6.45, 7) is 2.92. The number of amides is 1. The van der Waals surface area contributed by atoms with Crippen molar-refractivity contribution >= 4 is 28.6 Å². The summed E-state index contributed by atoms with van der Waals surface area (Å²) in [6.07, 6.45) is 1.22. The number of fused-ring (bicyclic) bond motifs is 1. The summed E-state index contributed by atoms with van der Waals surface area (Å²) < 4.78 is 6.65. The smallest absolute Gasteiger partial charge is 0.408 e. The van der Waals surface area contributed by atoms with Crippen molar-refractivity contribution in [1.82, 2.24) is 9.47 Å². The molecule has 0 unspecified atom stereocenters. The van der Waals surface area contributed by atoms with Crippen molar-refractivity contribution in [1.29, 1.82) is 0 Å². The molecule has 2 aromatic carbocycles. The lowest BCUT2D eigenvalue weighted by molar-refractivity contribution is -0.130. The first-order valence-electron chi connectivity index (χ1n) is 8.58. The zero-order valence-corrected chi connectivity index (χ0v) is 15.6. The predicted octanol–water partition coefficient (Wildman–Crippen LogP) is 3.86. The van der Waals surface area contributed by atoms with Crippen LogP contribution in [-0.4, -0.2) is 22.4 Å². The van der Waals surface area contributed by atoms with Gasteiger partial charge in [0.05, 0.1) is 5.52 Å². The first-order chi connectivity index (χ1) is 12.5. The fraction of sp³-hybridized carbons (Fsp3) is 0.300. The van der Waals surface area contributed by atoms with Gasteiger partial charge in [-0.05, 0) is 29.7 Å². The third-order valence-electron chi connectivity index (χ3n) is 4.46. The van der Waals surface area contributed by atoms with Crippen LogP contribution in [0.4, 0.5) is 0 Å². The molecule has 0 saturated heterocycles. The maximum absolute atomic E-state index is 12.4. The maximum atomic E-state index is 12.4. The van der Waals surface area contributed by atoms with Crippen LogP contribution in [-0.2, 0) is 24.3 Å². The molecular weight excluding hydrogens is 352 g/mol. The second-order valence-electron chi connectivity index (χ2n) is 6.30. The Morgan fingerprint density at radius 3 is 2.54 bits per heavy atom. The zero-order chi connectivity index (χ0) is 18.7. The minimum absolute atomic E-state index is 0.0280. The van der Waals surface area contributed by atoms with E-state index in [0.29, 0.717) is 22.7 Å². The number of halogens is 1. The highest BCUT2D eigenvalue weighted by molar-refractivity contribution is 6.31. The quantitative estimate of drug-likeness (QED) is 0.660. The summed E-state index contributed by atoms with van der Waals surface area (Å²) in [5, 5.41) is 0.503. The zero-order valence-electron chi connectivity index (χ0n) is 14.9. The number of aromatic nitrogens is 1. The highest BCUT2D eigenvalue weighted by Gasteiger charge is 2.14. The van der Waals surface area contributed by atoms with Gasteiger partial charge in [-0.15, -0.1) is 0 Å². The number of oxazole rings is 1. The van der Waals surface area contributed by atoms with Crippen LogP contribution in [0.1, 0.15) is 24.5 Å². The van der Waals surface area contributed by atoms with E-state index in [0.717, 1.165) is 12.0 Å². The van der Waals surface area contributed by atoms with Crippen molar-refractivity contribution < 1.29 is 9.21 Å². The van der Waals surface area contributed by atoms with E-state index in [1.54, 1.807) is 30.1 Å². The molecule has 1 heterocycles. The second kappa shape index (κ2) is 7.79. The Bertz CT molecular complexity index is 973. The van der Waals surface area contributed by atoms with E-state index >= 15 is 0 Å². The average molecular weight is 373 g/mol. The molecule has 0 saturated carbocycles. The Kier molecular flexibility index (Phi) is 5.47.